The fourth-order valence-corrected chi connectivity index (χ4v) is 5.94. The van der Waals surface area contributed by atoms with Crippen LogP contribution >= 0.6 is 11.8 Å². The van der Waals surface area contributed by atoms with Crippen molar-refractivity contribution in [2.75, 3.05) is 36.9 Å². The average Bonchev–Trinajstić information content (AvgIpc) is 2.67. The van der Waals surface area contributed by atoms with Gasteiger partial charge in [0.05, 0.1) is 0 Å². The van der Waals surface area contributed by atoms with Gasteiger partial charge in [-0.1, -0.05) is 6.92 Å². The molecule has 2 saturated heterocycles. The zero-order chi connectivity index (χ0) is 13.0. The first-order valence-electron chi connectivity index (χ1n) is 6.91. The second kappa shape index (κ2) is 6.59. The molecule has 0 aromatic heterocycles. The van der Waals surface area contributed by atoms with Crippen molar-refractivity contribution in [3.63, 3.8) is 0 Å². The number of nitrogens with one attached hydrogen (secondary N) is 1. The lowest BCUT2D eigenvalue weighted by atomic mass is 10.1. The van der Waals surface area contributed by atoms with E-state index in [9.17, 15) is 8.42 Å². The van der Waals surface area contributed by atoms with Crippen LogP contribution in [0.2, 0.25) is 0 Å². The summed E-state index contributed by atoms with van der Waals surface area (Å²) in [6.45, 7) is 4.79. The predicted octanol–water partition coefficient (Wildman–Crippen LogP) is 0.938. The third-order valence-corrected chi connectivity index (χ3v) is 7.26. The molecule has 0 aromatic rings. The first-order chi connectivity index (χ1) is 8.65. The number of thioether (sulfide) groups is 1. The van der Waals surface area contributed by atoms with Crippen molar-refractivity contribution in [2.24, 2.45) is 0 Å². The maximum atomic E-state index is 12.2. The highest BCUT2D eigenvalue weighted by atomic mass is 32.2. The zero-order valence-electron chi connectivity index (χ0n) is 11.1. The Morgan fingerprint density at radius 2 is 2.17 bits per heavy atom. The minimum atomic E-state index is -2.95. The Morgan fingerprint density at radius 3 is 2.94 bits per heavy atom. The first kappa shape index (κ1) is 14.6. The van der Waals surface area contributed by atoms with Crippen molar-refractivity contribution in [3.8, 4) is 0 Å². The lowest BCUT2D eigenvalue weighted by molar-refractivity contribution is 0.178. The molecule has 6 heteroatoms. The monoisotopic (exact) mass is 292 g/mol. The third kappa shape index (κ3) is 3.40. The highest BCUT2D eigenvalue weighted by Gasteiger charge is 2.36. The van der Waals surface area contributed by atoms with Crippen molar-refractivity contribution >= 4 is 21.6 Å². The fraction of sp³-hybridized carbons (Fsp3) is 1.00. The van der Waals surface area contributed by atoms with Gasteiger partial charge in [0.1, 0.15) is 5.37 Å². The SMILES string of the molecule is CCS(=O)(=O)C1CSCCN1C1CCCNCC1. The molecule has 2 heterocycles. The van der Waals surface area contributed by atoms with Gasteiger partial charge in [0.2, 0.25) is 0 Å². The number of sulfone groups is 1. The van der Waals surface area contributed by atoms with Gasteiger partial charge in [0.15, 0.2) is 9.84 Å². The van der Waals surface area contributed by atoms with E-state index in [4.69, 9.17) is 0 Å². The molecule has 0 aromatic carbocycles. The summed E-state index contributed by atoms with van der Waals surface area (Å²) in [5.41, 5.74) is 0. The molecule has 0 amide bonds. The van der Waals surface area contributed by atoms with Gasteiger partial charge in [-0.25, -0.2) is 8.42 Å². The van der Waals surface area contributed by atoms with Crippen molar-refractivity contribution in [2.45, 2.75) is 37.6 Å². The minimum absolute atomic E-state index is 0.246. The Morgan fingerprint density at radius 1 is 1.33 bits per heavy atom. The molecule has 0 spiro atoms. The highest BCUT2D eigenvalue weighted by Crippen LogP contribution is 2.26. The van der Waals surface area contributed by atoms with Crippen molar-refractivity contribution in [1.82, 2.24) is 10.2 Å². The average molecular weight is 292 g/mol. The van der Waals surface area contributed by atoms with Crippen molar-refractivity contribution in [1.29, 1.82) is 0 Å². The van der Waals surface area contributed by atoms with E-state index < -0.39 is 9.84 Å². The Labute approximate surface area is 115 Å². The molecular weight excluding hydrogens is 268 g/mol. The molecule has 18 heavy (non-hydrogen) atoms. The minimum Gasteiger partial charge on any atom is -0.317 e. The summed E-state index contributed by atoms with van der Waals surface area (Å²) < 4.78 is 24.4. The molecule has 2 aliphatic heterocycles. The standard InChI is InChI=1S/C12H24N2O2S2/c1-2-18(15,16)12-10-17-9-8-14(12)11-4-3-6-13-7-5-11/h11-13H,2-10H2,1H3. The van der Waals surface area contributed by atoms with Gasteiger partial charge in [-0.15, -0.1) is 0 Å². The molecule has 1 N–H and O–H groups in total. The van der Waals surface area contributed by atoms with Crippen molar-refractivity contribution in [3.05, 3.63) is 0 Å². The molecule has 4 nitrogen and oxygen atoms in total. The van der Waals surface area contributed by atoms with E-state index in [1.165, 1.54) is 0 Å². The predicted molar refractivity (Wildman–Crippen MR) is 77.8 cm³/mol. The smallest absolute Gasteiger partial charge is 0.166 e. The number of hydrogen-bond donors (Lipinski definition) is 1. The second-order valence-corrected chi connectivity index (χ2v) is 8.65. The van der Waals surface area contributed by atoms with Gasteiger partial charge in [0.25, 0.3) is 0 Å². The van der Waals surface area contributed by atoms with E-state index in [2.05, 4.69) is 10.2 Å². The van der Waals surface area contributed by atoms with Gasteiger partial charge in [-0.3, -0.25) is 4.90 Å². The molecule has 2 unspecified atom stereocenters. The maximum absolute atomic E-state index is 12.2. The van der Waals surface area contributed by atoms with Crippen LogP contribution in [-0.4, -0.2) is 61.6 Å². The number of rotatable bonds is 3. The normalized spacial score (nSPS) is 32.1. The number of hydrogen-bond acceptors (Lipinski definition) is 5. The zero-order valence-corrected chi connectivity index (χ0v) is 12.7. The molecule has 2 rings (SSSR count). The van der Waals surface area contributed by atoms with Gasteiger partial charge in [-0.05, 0) is 32.4 Å². The quantitative estimate of drug-likeness (QED) is 0.839. The summed E-state index contributed by atoms with van der Waals surface area (Å²) in [4.78, 5) is 2.28. The van der Waals surface area contributed by atoms with E-state index in [0.717, 1.165) is 50.4 Å². The summed E-state index contributed by atoms with van der Waals surface area (Å²) in [5, 5.41) is 3.16. The molecule has 106 valence electrons. The summed E-state index contributed by atoms with van der Waals surface area (Å²) >= 11 is 1.78. The molecule has 0 bridgehead atoms. The Bertz CT molecular complexity index is 351. The van der Waals surface area contributed by atoms with Gasteiger partial charge in [0, 0.05) is 29.8 Å². The van der Waals surface area contributed by atoms with Crippen LogP contribution in [0.4, 0.5) is 0 Å². The summed E-state index contributed by atoms with van der Waals surface area (Å²) in [6, 6.07) is 0.451. The summed E-state index contributed by atoms with van der Waals surface area (Å²) in [5.74, 6) is 2.08. The third-order valence-electron chi connectivity index (χ3n) is 3.96. The molecule has 0 saturated carbocycles. The van der Waals surface area contributed by atoms with E-state index >= 15 is 0 Å². The van der Waals surface area contributed by atoms with Crippen LogP contribution in [0, 0.1) is 0 Å². The Balaban J connectivity index is 2.11. The highest BCUT2D eigenvalue weighted by molar-refractivity contribution is 8.01. The lowest BCUT2D eigenvalue weighted by Crippen LogP contribution is -2.52. The van der Waals surface area contributed by atoms with E-state index in [-0.39, 0.29) is 11.1 Å². The molecule has 2 atom stereocenters. The Kier molecular flexibility index (Phi) is 5.35. The molecule has 0 aliphatic carbocycles. The topological polar surface area (TPSA) is 49.4 Å². The molecular formula is C12H24N2O2S2. The van der Waals surface area contributed by atoms with E-state index in [0.29, 0.717) is 6.04 Å². The summed E-state index contributed by atoms with van der Waals surface area (Å²) in [7, 11) is -2.95. The maximum Gasteiger partial charge on any atom is 0.166 e. The van der Waals surface area contributed by atoms with E-state index in [1.54, 1.807) is 18.7 Å². The lowest BCUT2D eigenvalue weighted by Gasteiger charge is -2.40. The number of nitrogens with zero attached hydrogens (tertiary/aromatic N) is 1. The largest absolute Gasteiger partial charge is 0.317 e. The molecule has 2 fully saturated rings. The van der Waals surface area contributed by atoms with Gasteiger partial charge in [-0.2, -0.15) is 11.8 Å². The van der Waals surface area contributed by atoms with Gasteiger partial charge < -0.3 is 5.32 Å². The molecule has 2 aliphatic rings. The van der Waals surface area contributed by atoms with Crippen LogP contribution in [0.3, 0.4) is 0 Å². The van der Waals surface area contributed by atoms with Crippen LogP contribution in [-0.2, 0) is 9.84 Å². The molecule has 0 radical (unpaired) electrons. The van der Waals surface area contributed by atoms with E-state index in [1.807, 2.05) is 0 Å². The Hall–Kier alpha value is 0.220. The van der Waals surface area contributed by atoms with Crippen LogP contribution in [0.15, 0.2) is 0 Å². The second-order valence-electron chi connectivity index (χ2n) is 5.05. The van der Waals surface area contributed by atoms with Crippen LogP contribution < -0.4 is 5.32 Å². The van der Waals surface area contributed by atoms with Gasteiger partial charge >= 0.3 is 0 Å². The van der Waals surface area contributed by atoms with Crippen LogP contribution in [0.25, 0.3) is 0 Å². The van der Waals surface area contributed by atoms with Crippen molar-refractivity contribution < 1.29 is 8.42 Å². The fourth-order valence-electron chi connectivity index (χ4n) is 2.85. The van der Waals surface area contributed by atoms with Crippen LogP contribution in [0.5, 0.6) is 0 Å². The van der Waals surface area contributed by atoms with Crippen LogP contribution in [0.1, 0.15) is 26.2 Å². The summed E-state index contributed by atoms with van der Waals surface area (Å²) in [6.07, 6.45) is 3.38. The first-order valence-corrected chi connectivity index (χ1v) is 9.78.